The smallest absolute Gasteiger partial charge is 0.126 e. The number of nitrogens with one attached hydrogen (secondary N) is 1. The van der Waals surface area contributed by atoms with E-state index in [9.17, 15) is 0 Å². The summed E-state index contributed by atoms with van der Waals surface area (Å²) in [6.45, 7) is 8.52. The summed E-state index contributed by atoms with van der Waals surface area (Å²) in [4.78, 5) is 4.27. The largest absolute Gasteiger partial charge is 0.379 e. The molecule has 0 saturated carbocycles. The average Bonchev–Trinajstić information content (AvgIpc) is 2.42. The Morgan fingerprint density at radius 2 is 2.16 bits per heavy atom. The van der Waals surface area contributed by atoms with Crippen LogP contribution in [0, 0.1) is 0 Å². The topological polar surface area (TPSA) is 43.4 Å². The van der Waals surface area contributed by atoms with Gasteiger partial charge in [0.05, 0.1) is 12.2 Å². The van der Waals surface area contributed by atoms with Crippen LogP contribution in [0.3, 0.4) is 0 Å². The summed E-state index contributed by atoms with van der Waals surface area (Å²) in [6, 6.07) is 4.02. The van der Waals surface area contributed by atoms with Crippen LogP contribution in [-0.4, -0.2) is 30.8 Å². The van der Waals surface area contributed by atoms with Crippen molar-refractivity contribution in [3.05, 3.63) is 23.9 Å². The van der Waals surface area contributed by atoms with E-state index in [1.165, 1.54) is 0 Å². The van der Waals surface area contributed by atoms with Crippen molar-refractivity contribution in [1.29, 1.82) is 0 Å². The molecule has 4 heteroatoms. The van der Waals surface area contributed by atoms with Gasteiger partial charge in [-0.1, -0.05) is 6.92 Å². The van der Waals surface area contributed by atoms with E-state index in [1.807, 2.05) is 18.3 Å². The Balaban J connectivity index is 2.33. The molecular formula is C15H26N2O2. The molecule has 19 heavy (non-hydrogen) atoms. The van der Waals surface area contributed by atoms with Gasteiger partial charge in [-0.25, -0.2) is 4.98 Å². The van der Waals surface area contributed by atoms with E-state index in [0.717, 1.165) is 30.8 Å². The lowest BCUT2D eigenvalue weighted by molar-refractivity contribution is -0.0124. The van der Waals surface area contributed by atoms with Gasteiger partial charge in [0.1, 0.15) is 5.82 Å². The lowest BCUT2D eigenvalue weighted by Gasteiger charge is -2.22. The molecule has 1 aromatic heterocycles. The number of anilines is 1. The highest BCUT2D eigenvalue weighted by Gasteiger charge is 2.15. The van der Waals surface area contributed by atoms with Gasteiger partial charge in [0.25, 0.3) is 0 Å². The Morgan fingerprint density at radius 1 is 1.37 bits per heavy atom. The predicted molar refractivity (Wildman–Crippen MR) is 78.4 cm³/mol. The summed E-state index contributed by atoms with van der Waals surface area (Å²) in [5.74, 6) is 0.917. The van der Waals surface area contributed by atoms with Gasteiger partial charge < -0.3 is 14.8 Å². The third kappa shape index (κ3) is 6.55. The number of aromatic nitrogens is 1. The number of nitrogens with zero attached hydrogens (tertiary/aromatic N) is 1. The molecule has 1 heterocycles. The molecular weight excluding hydrogens is 240 g/mol. The van der Waals surface area contributed by atoms with E-state index >= 15 is 0 Å². The molecule has 0 radical (unpaired) electrons. The summed E-state index contributed by atoms with van der Waals surface area (Å²) in [5.41, 5.74) is 1.02. The molecule has 0 aliphatic rings. The average molecular weight is 266 g/mol. The molecule has 0 atom stereocenters. The maximum Gasteiger partial charge on any atom is 0.126 e. The van der Waals surface area contributed by atoms with Crippen molar-refractivity contribution in [2.45, 2.75) is 45.8 Å². The number of pyridine rings is 1. The van der Waals surface area contributed by atoms with Crippen LogP contribution < -0.4 is 5.32 Å². The number of rotatable bonds is 9. The zero-order valence-electron chi connectivity index (χ0n) is 12.5. The summed E-state index contributed by atoms with van der Waals surface area (Å²) in [6.07, 6.45) is 3.79. The minimum atomic E-state index is -0.119. The summed E-state index contributed by atoms with van der Waals surface area (Å²) in [7, 11) is 1.73. The van der Waals surface area contributed by atoms with Crippen molar-refractivity contribution in [3.63, 3.8) is 0 Å². The summed E-state index contributed by atoms with van der Waals surface area (Å²) in [5, 5.41) is 3.27. The summed E-state index contributed by atoms with van der Waals surface area (Å²) < 4.78 is 11.0. The van der Waals surface area contributed by atoms with Crippen molar-refractivity contribution >= 4 is 5.82 Å². The third-order valence-corrected chi connectivity index (χ3v) is 3.05. The van der Waals surface area contributed by atoms with Crippen LogP contribution in [0.25, 0.3) is 0 Å². The van der Waals surface area contributed by atoms with Gasteiger partial charge in [-0.05, 0) is 44.4 Å². The van der Waals surface area contributed by atoms with Gasteiger partial charge in [0, 0.05) is 26.5 Å². The van der Waals surface area contributed by atoms with Crippen LogP contribution in [0.4, 0.5) is 5.82 Å². The molecule has 0 aromatic carbocycles. The molecule has 1 N–H and O–H groups in total. The Bertz CT molecular complexity index is 367. The Morgan fingerprint density at radius 3 is 2.84 bits per heavy atom. The molecule has 0 unspecified atom stereocenters. The fourth-order valence-electron chi connectivity index (χ4n) is 1.52. The molecule has 108 valence electrons. The molecule has 0 aliphatic heterocycles. The monoisotopic (exact) mass is 266 g/mol. The third-order valence-electron chi connectivity index (χ3n) is 3.05. The van der Waals surface area contributed by atoms with Crippen molar-refractivity contribution < 1.29 is 9.47 Å². The van der Waals surface area contributed by atoms with Gasteiger partial charge in [-0.15, -0.1) is 0 Å². The van der Waals surface area contributed by atoms with E-state index in [1.54, 1.807) is 7.11 Å². The van der Waals surface area contributed by atoms with Crippen LogP contribution in [-0.2, 0) is 16.1 Å². The quantitative estimate of drug-likeness (QED) is 0.697. The zero-order valence-corrected chi connectivity index (χ0v) is 12.5. The molecule has 1 aromatic rings. The molecule has 0 amide bonds. The van der Waals surface area contributed by atoms with Gasteiger partial charge in [0.2, 0.25) is 0 Å². The van der Waals surface area contributed by atoms with E-state index in [0.29, 0.717) is 13.2 Å². The van der Waals surface area contributed by atoms with Crippen LogP contribution in [0.15, 0.2) is 18.3 Å². The highest BCUT2D eigenvalue weighted by molar-refractivity contribution is 5.37. The summed E-state index contributed by atoms with van der Waals surface area (Å²) >= 11 is 0. The first-order valence-electron chi connectivity index (χ1n) is 6.89. The van der Waals surface area contributed by atoms with E-state index in [4.69, 9.17) is 9.47 Å². The maximum atomic E-state index is 5.68. The van der Waals surface area contributed by atoms with Crippen LogP contribution in [0.1, 0.15) is 39.2 Å². The molecule has 0 fully saturated rings. The van der Waals surface area contributed by atoms with Gasteiger partial charge in [-0.3, -0.25) is 0 Å². The zero-order chi connectivity index (χ0) is 14.1. The van der Waals surface area contributed by atoms with Crippen molar-refractivity contribution in [1.82, 2.24) is 4.98 Å². The van der Waals surface area contributed by atoms with E-state index in [-0.39, 0.29) is 5.60 Å². The standard InChI is InChI=1S/C15H26N2O2/c1-5-8-16-14-11-13(6-9-17-14)12-19-10-7-15(2,3)18-4/h6,9,11H,5,7-8,10,12H2,1-4H3,(H,16,17). The number of methoxy groups -OCH3 is 1. The normalized spacial score (nSPS) is 11.6. The molecule has 0 spiro atoms. The molecule has 1 rings (SSSR count). The number of ether oxygens (including phenoxy) is 2. The second-order valence-corrected chi connectivity index (χ2v) is 5.24. The Hall–Kier alpha value is -1.13. The minimum absolute atomic E-state index is 0.119. The molecule has 4 nitrogen and oxygen atoms in total. The number of hydrogen-bond acceptors (Lipinski definition) is 4. The first-order valence-corrected chi connectivity index (χ1v) is 6.89. The second kappa shape index (κ2) is 8.12. The molecule has 0 aliphatic carbocycles. The fraction of sp³-hybridized carbons (Fsp3) is 0.667. The van der Waals surface area contributed by atoms with Crippen LogP contribution in [0.2, 0.25) is 0 Å². The molecule has 0 bridgehead atoms. The van der Waals surface area contributed by atoms with Crippen LogP contribution >= 0.6 is 0 Å². The molecule has 0 saturated heterocycles. The Labute approximate surface area is 116 Å². The predicted octanol–water partition coefficient (Wildman–Crippen LogP) is 3.24. The lowest BCUT2D eigenvalue weighted by atomic mass is 10.1. The Kier molecular flexibility index (Phi) is 6.81. The van der Waals surface area contributed by atoms with Crippen molar-refractivity contribution in [2.24, 2.45) is 0 Å². The second-order valence-electron chi connectivity index (χ2n) is 5.24. The maximum absolute atomic E-state index is 5.68. The first-order chi connectivity index (χ1) is 9.07. The van der Waals surface area contributed by atoms with Crippen molar-refractivity contribution in [3.8, 4) is 0 Å². The van der Waals surface area contributed by atoms with Gasteiger partial charge in [-0.2, -0.15) is 0 Å². The van der Waals surface area contributed by atoms with Gasteiger partial charge >= 0.3 is 0 Å². The fourth-order valence-corrected chi connectivity index (χ4v) is 1.52. The SMILES string of the molecule is CCCNc1cc(COCCC(C)(C)OC)ccn1. The lowest BCUT2D eigenvalue weighted by Crippen LogP contribution is -2.24. The minimum Gasteiger partial charge on any atom is -0.379 e. The van der Waals surface area contributed by atoms with Gasteiger partial charge in [0.15, 0.2) is 0 Å². The van der Waals surface area contributed by atoms with E-state index < -0.39 is 0 Å². The van der Waals surface area contributed by atoms with E-state index in [2.05, 4.69) is 31.1 Å². The highest BCUT2D eigenvalue weighted by Crippen LogP contribution is 2.14. The van der Waals surface area contributed by atoms with Crippen LogP contribution in [0.5, 0.6) is 0 Å². The number of hydrogen-bond donors (Lipinski definition) is 1. The first kappa shape index (κ1) is 15.9. The highest BCUT2D eigenvalue weighted by atomic mass is 16.5. The van der Waals surface area contributed by atoms with Crippen molar-refractivity contribution in [2.75, 3.05) is 25.6 Å².